The van der Waals surface area contributed by atoms with Crippen molar-refractivity contribution >= 4 is 17.4 Å². The van der Waals surface area contributed by atoms with Crippen LogP contribution in [-0.4, -0.2) is 17.4 Å². The van der Waals surface area contributed by atoms with Crippen molar-refractivity contribution < 1.29 is 148 Å². The number of hydrogen-bond acceptors (Lipinski definition) is 0. The van der Waals surface area contributed by atoms with E-state index in [1.54, 1.807) is 0 Å². The van der Waals surface area contributed by atoms with Crippen molar-refractivity contribution in [3.8, 4) is 0 Å². The Morgan fingerprint density at radius 2 is 1.00 bits per heavy atom. The van der Waals surface area contributed by atoms with E-state index in [0.717, 1.165) is 0 Å². The molecule has 0 aliphatic rings. The molecule has 0 bridgehead atoms. The molecule has 0 fully saturated rings. The van der Waals surface area contributed by atoms with E-state index in [-0.39, 0.29) is 165 Å². The summed E-state index contributed by atoms with van der Waals surface area (Å²) in [6.45, 7) is 0. The molecule has 0 atom stereocenters. The Hall–Kier alpha value is 5.48. The van der Waals surface area contributed by atoms with Crippen LogP contribution in [0.4, 0.5) is 0 Å². The molecule has 5 heteroatoms. The molecular weight excluding hydrogens is 607 g/mol. The van der Waals surface area contributed by atoms with Gasteiger partial charge in [0.05, 0.1) is 0 Å². The Morgan fingerprint density at radius 1 is 1.00 bits per heavy atom. The van der Waals surface area contributed by atoms with Gasteiger partial charge < -0.3 is 0 Å². The molecule has 5 heavy (non-hydrogen) atoms. The van der Waals surface area contributed by atoms with Gasteiger partial charge in [0.15, 0.2) is 0 Å². The first-order valence-corrected chi connectivity index (χ1v) is 0. The summed E-state index contributed by atoms with van der Waals surface area (Å²) < 4.78 is 0. The van der Waals surface area contributed by atoms with Crippen molar-refractivity contribution in [3.05, 3.63) is 0 Å². The second kappa shape index (κ2) is 22.7. The van der Waals surface area contributed by atoms with E-state index < -0.39 is 0 Å². The first kappa shape index (κ1) is 31.4. The molecule has 38 valence electrons. The molecule has 0 spiro atoms. The summed E-state index contributed by atoms with van der Waals surface area (Å²) in [6.07, 6.45) is 0. The summed E-state index contributed by atoms with van der Waals surface area (Å²) in [5, 5.41) is 0. The molecule has 0 aliphatic carbocycles. The largest absolute Gasteiger partial charge is 0 e. The third-order valence-corrected chi connectivity index (χ3v) is 0. The number of hydrogen-bond donors (Lipinski definition) is 0. The maximum Gasteiger partial charge on any atom is 0 e. The monoisotopic (exact) mass is 608 g/mol. The first-order valence-electron chi connectivity index (χ1n) is 0. The summed E-state index contributed by atoms with van der Waals surface area (Å²) in [6, 6.07) is 0. The van der Waals surface area contributed by atoms with Gasteiger partial charge in [0.1, 0.15) is 0 Å². The maximum absolute atomic E-state index is 0. The van der Waals surface area contributed by atoms with Crippen molar-refractivity contribution in [3.63, 3.8) is 0 Å². The van der Waals surface area contributed by atoms with Crippen LogP contribution in [0.2, 0.25) is 0 Å². The van der Waals surface area contributed by atoms with Crippen LogP contribution in [0.1, 0.15) is 0 Å². The van der Waals surface area contributed by atoms with E-state index in [2.05, 4.69) is 0 Å². The molecule has 0 unspecified atom stereocenters. The van der Waals surface area contributed by atoms with Gasteiger partial charge in [-0.2, -0.15) is 0 Å². The summed E-state index contributed by atoms with van der Waals surface area (Å²) in [5.74, 6) is 0. The second-order valence-corrected chi connectivity index (χ2v) is 0. The Kier molecular flexibility index (Phi) is 142. The van der Waals surface area contributed by atoms with E-state index in [0.29, 0.717) is 0 Å². The van der Waals surface area contributed by atoms with Gasteiger partial charge in [-0.1, -0.05) is 0 Å². The Morgan fingerprint density at radius 3 is 1.00 bits per heavy atom. The standard InChI is InChI=1S/Al.Gd.Lu.Tb.Y. The Balaban J connectivity index is 0. The van der Waals surface area contributed by atoms with Gasteiger partial charge >= 0.3 is 0 Å². The molecule has 0 aromatic rings. The average Bonchev–Trinajstić information content (AvgIpc) is 0. The SMILES string of the molecule is [Al].[Gd].[Lu].[Tb].[Y]. The zero-order valence-electron chi connectivity index (χ0n) is 2.10. The van der Waals surface area contributed by atoms with Crippen LogP contribution in [0.3, 0.4) is 0 Å². The minimum absolute atomic E-state index is 0. The molecule has 0 aliphatic heterocycles. The van der Waals surface area contributed by atoms with Gasteiger partial charge in [-0.05, 0) is 0 Å². The van der Waals surface area contributed by atoms with Gasteiger partial charge in [-0.3, -0.25) is 0 Å². The van der Waals surface area contributed by atoms with Crippen LogP contribution in [0.25, 0.3) is 0 Å². The average molecular weight is 607 g/mol. The van der Waals surface area contributed by atoms with Crippen LogP contribution in [0, 0.1) is 115 Å². The predicted octanol–water partition coefficient (Wildman–Crippen LogP) is -0.383. The van der Waals surface area contributed by atoms with E-state index in [9.17, 15) is 0 Å². The zero-order valence-corrected chi connectivity index (χ0v) is 12.2. The van der Waals surface area contributed by atoms with Crippen LogP contribution < -0.4 is 0 Å². The molecule has 0 aromatic heterocycles. The van der Waals surface area contributed by atoms with Gasteiger partial charge in [-0.15, -0.1) is 0 Å². The van der Waals surface area contributed by atoms with Gasteiger partial charge in [-0.25, -0.2) is 0 Å². The maximum atomic E-state index is 0. The summed E-state index contributed by atoms with van der Waals surface area (Å²) >= 11 is 0. The zero-order chi connectivity index (χ0) is 0. The fourth-order valence-corrected chi connectivity index (χ4v) is 0. The molecule has 0 saturated carbocycles. The summed E-state index contributed by atoms with van der Waals surface area (Å²) in [4.78, 5) is 0. The summed E-state index contributed by atoms with van der Waals surface area (Å²) in [7, 11) is 0. The normalized spacial score (nSPS) is 0. The fourth-order valence-electron chi connectivity index (χ4n) is 0. The third kappa shape index (κ3) is 17.7. The molecular formula is AlGdLuTbY. The second-order valence-electron chi connectivity index (χ2n) is 0. The molecule has 6 radical (unpaired) electrons. The molecule has 0 saturated heterocycles. The van der Waals surface area contributed by atoms with Crippen molar-refractivity contribution in [1.82, 2.24) is 0 Å². The first-order chi connectivity index (χ1) is 0. The molecule has 0 nitrogen and oxygen atoms in total. The molecule has 0 N–H and O–H groups in total. The molecule has 0 heterocycles. The quantitative estimate of drug-likeness (QED) is 0.330. The summed E-state index contributed by atoms with van der Waals surface area (Å²) in [5.41, 5.74) is 0. The van der Waals surface area contributed by atoms with Gasteiger partial charge in [0.25, 0.3) is 0 Å². The molecule has 0 rings (SSSR count). The van der Waals surface area contributed by atoms with Crippen LogP contribution in [0.5, 0.6) is 0 Å². The van der Waals surface area contributed by atoms with Crippen molar-refractivity contribution in [2.45, 2.75) is 0 Å². The Bertz CT molecular complexity index is 11.6. The minimum atomic E-state index is 0. The van der Waals surface area contributed by atoms with E-state index in [1.165, 1.54) is 0 Å². The Labute approximate surface area is 160 Å². The van der Waals surface area contributed by atoms with E-state index >= 15 is 0 Å². The molecule has 0 aromatic carbocycles. The minimum Gasteiger partial charge on any atom is 0 e. The topological polar surface area (TPSA) is 0 Å². The fraction of sp³-hybridized carbons (Fsp3) is 0. The van der Waals surface area contributed by atoms with Crippen molar-refractivity contribution in [2.75, 3.05) is 0 Å². The molecule has 0 amide bonds. The van der Waals surface area contributed by atoms with E-state index in [1.807, 2.05) is 0 Å². The van der Waals surface area contributed by atoms with Gasteiger partial charge in [0, 0.05) is 165 Å². The van der Waals surface area contributed by atoms with Crippen LogP contribution in [0.15, 0.2) is 0 Å². The number of rotatable bonds is 0. The van der Waals surface area contributed by atoms with Crippen LogP contribution in [-0.2, 0) is 32.7 Å². The van der Waals surface area contributed by atoms with E-state index in [4.69, 9.17) is 0 Å². The smallest absolute Gasteiger partial charge is 0 e. The van der Waals surface area contributed by atoms with Gasteiger partial charge in [0.2, 0.25) is 0 Å². The van der Waals surface area contributed by atoms with Crippen molar-refractivity contribution in [1.29, 1.82) is 0 Å². The third-order valence-electron chi connectivity index (χ3n) is 0. The van der Waals surface area contributed by atoms with Crippen LogP contribution >= 0.6 is 0 Å². The van der Waals surface area contributed by atoms with Crippen molar-refractivity contribution in [2.24, 2.45) is 0 Å². The predicted molar refractivity (Wildman–Crippen MR) is 5.75 cm³/mol.